The van der Waals surface area contributed by atoms with E-state index in [0.717, 1.165) is 48.6 Å². The van der Waals surface area contributed by atoms with Gasteiger partial charge in [-0.05, 0) is 43.4 Å². The van der Waals surface area contributed by atoms with E-state index < -0.39 is 5.97 Å². The van der Waals surface area contributed by atoms with Crippen molar-refractivity contribution in [2.45, 2.75) is 44.7 Å². The highest BCUT2D eigenvalue weighted by Crippen LogP contribution is 2.23. The molecule has 1 aromatic heterocycles. The molecule has 28 heavy (non-hydrogen) atoms. The Labute approximate surface area is 163 Å². The van der Waals surface area contributed by atoms with Crippen molar-refractivity contribution in [2.75, 3.05) is 5.32 Å². The summed E-state index contributed by atoms with van der Waals surface area (Å²) in [4.78, 5) is 30.8. The topological polar surface area (TPSA) is 104 Å². The van der Waals surface area contributed by atoms with Gasteiger partial charge in [-0.25, -0.2) is 9.78 Å². The quantitative estimate of drug-likeness (QED) is 0.665. The zero-order chi connectivity index (χ0) is 19.9. The molecule has 1 heterocycles. The zero-order valence-electron chi connectivity index (χ0n) is 15.8. The summed E-state index contributed by atoms with van der Waals surface area (Å²) in [6.45, 7) is 1.55. The average molecular weight is 380 g/mol. The van der Waals surface area contributed by atoms with Crippen molar-refractivity contribution in [1.82, 2.24) is 15.3 Å². The van der Waals surface area contributed by atoms with E-state index in [1.54, 1.807) is 25.4 Å². The normalized spacial score (nSPS) is 19.3. The molecule has 3 N–H and O–H groups in total. The Morgan fingerprint density at radius 2 is 1.89 bits per heavy atom. The van der Waals surface area contributed by atoms with E-state index in [1.165, 1.54) is 0 Å². The highest BCUT2D eigenvalue weighted by molar-refractivity contribution is 5.85. The molecule has 1 aliphatic rings. The lowest BCUT2D eigenvalue weighted by Crippen LogP contribution is -2.39. The molecule has 1 amide bonds. The molecule has 1 fully saturated rings. The van der Waals surface area contributed by atoms with Crippen LogP contribution in [0, 0.1) is 0 Å². The molecule has 7 heteroatoms. The van der Waals surface area contributed by atoms with E-state index in [1.807, 2.05) is 24.3 Å². The number of hydrogen-bond acceptors (Lipinski definition) is 5. The number of aliphatic carboxylic acids is 1. The number of amides is 1. The summed E-state index contributed by atoms with van der Waals surface area (Å²) in [7, 11) is 0. The van der Waals surface area contributed by atoms with Gasteiger partial charge in [-0.1, -0.05) is 18.2 Å². The molecule has 2 aromatic rings. The summed E-state index contributed by atoms with van der Waals surface area (Å²) in [6.07, 6.45) is 9.88. The van der Waals surface area contributed by atoms with Crippen LogP contribution in [0.15, 0.2) is 42.7 Å². The fourth-order valence-electron chi connectivity index (χ4n) is 3.42. The van der Waals surface area contributed by atoms with Crippen LogP contribution >= 0.6 is 0 Å². The van der Waals surface area contributed by atoms with Gasteiger partial charge in [0.25, 0.3) is 0 Å². The van der Waals surface area contributed by atoms with Crippen molar-refractivity contribution in [1.29, 1.82) is 0 Å². The monoisotopic (exact) mass is 380 g/mol. The minimum Gasteiger partial charge on any atom is -0.478 e. The molecular formula is C21H24N4O3. The highest BCUT2D eigenvalue weighted by Gasteiger charge is 2.21. The van der Waals surface area contributed by atoms with Crippen LogP contribution < -0.4 is 10.6 Å². The number of nitrogens with zero attached hydrogens (tertiary/aromatic N) is 2. The standard InChI is InChI=1S/C21H24N4O3/c1-14(26)23-17-6-8-18(9-7-17)24-20-13-22-12-19(25-20)16-4-2-3-15(11-16)5-10-21(27)28/h2-5,10-13,17-18H,6-9H2,1H3,(H,23,26)(H,24,25)(H,27,28). The van der Waals surface area contributed by atoms with Crippen molar-refractivity contribution >= 4 is 23.8 Å². The maximum absolute atomic E-state index is 11.2. The predicted octanol–water partition coefficient (Wildman–Crippen LogP) is 3.10. The van der Waals surface area contributed by atoms with Gasteiger partial charge in [0.1, 0.15) is 5.82 Å². The van der Waals surface area contributed by atoms with Gasteiger partial charge in [0.05, 0.1) is 18.1 Å². The van der Waals surface area contributed by atoms with Crippen LogP contribution in [-0.4, -0.2) is 39.0 Å². The van der Waals surface area contributed by atoms with Gasteiger partial charge in [0.2, 0.25) is 5.91 Å². The van der Waals surface area contributed by atoms with Gasteiger partial charge in [-0.3, -0.25) is 9.78 Å². The number of carboxylic acids is 1. The maximum atomic E-state index is 11.2. The largest absolute Gasteiger partial charge is 0.478 e. The Balaban J connectivity index is 1.66. The Morgan fingerprint density at radius 3 is 2.61 bits per heavy atom. The van der Waals surface area contributed by atoms with Crippen LogP contribution in [0.25, 0.3) is 17.3 Å². The van der Waals surface area contributed by atoms with E-state index >= 15 is 0 Å². The van der Waals surface area contributed by atoms with E-state index in [4.69, 9.17) is 5.11 Å². The lowest BCUT2D eigenvalue weighted by atomic mass is 9.91. The first-order chi connectivity index (χ1) is 13.5. The number of hydrogen-bond donors (Lipinski definition) is 3. The number of carboxylic acid groups (broad SMARTS) is 1. The number of aromatic nitrogens is 2. The van der Waals surface area contributed by atoms with Gasteiger partial charge in [0.15, 0.2) is 0 Å². The highest BCUT2D eigenvalue weighted by atomic mass is 16.4. The number of carbonyl (C=O) groups excluding carboxylic acids is 1. The molecule has 7 nitrogen and oxygen atoms in total. The lowest BCUT2D eigenvalue weighted by Gasteiger charge is -2.29. The number of rotatable bonds is 6. The Hall–Kier alpha value is -3.22. The summed E-state index contributed by atoms with van der Waals surface area (Å²) < 4.78 is 0. The Bertz CT molecular complexity index is 873. The van der Waals surface area contributed by atoms with Gasteiger partial charge >= 0.3 is 5.97 Å². The Kier molecular flexibility index (Phi) is 6.37. The fourth-order valence-corrected chi connectivity index (χ4v) is 3.42. The smallest absolute Gasteiger partial charge is 0.328 e. The summed E-state index contributed by atoms with van der Waals surface area (Å²) >= 11 is 0. The summed E-state index contributed by atoms with van der Waals surface area (Å²) in [5, 5.41) is 15.2. The molecule has 1 saturated carbocycles. The minimum absolute atomic E-state index is 0.0235. The number of anilines is 1. The first-order valence-electron chi connectivity index (χ1n) is 9.37. The molecule has 0 atom stereocenters. The van der Waals surface area contributed by atoms with Crippen LogP contribution in [0.3, 0.4) is 0 Å². The summed E-state index contributed by atoms with van der Waals surface area (Å²) in [5.74, 6) is -0.244. The SMILES string of the molecule is CC(=O)NC1CCC(Nc2cncc(-c3cccc(C=CC(=O)O)c3)n2)CC1. The molecule has 0 unspecified atom stereocenters. The molecular weight excluding hydrogens is 356 g/mol. The van der Waals surface area contributed by atoms with Crippen LogP contribution in [0.1, 0.15) is 38.2 Å². The zero-order valence-corrected chi connectivity index (χ0v) is 15.8. The van der Waals surface area contributed by atoms with Crippen molar-refractivity contribution in [3.63, 3.8) is 0 Å². The molecule has 1 aromatic carbocycles. The maximum Gasteiger partial charge on any atom is 0.328 e. The second kappa shape index (κ2) is 9.12. The molecule has 0 saturated heterocycles. The third kappa shape index (κ3) is 5.64. The molecule has 3 rings (SSSR count). The van der Waals surface area contributed by atoms with Crippen molar-refractivity contribution < 1.29 is 14.7 Å². The summed E-state index contributed by atoms with van der Waals surface area (Å²) in [6, 6.07) is 8.07. The third-order valence-corrected chi connectivity index (χ3v) is 4.72. The molecule has 0 bridgehead atoms. The van der Waals surface area contributed by atoms with Crippen LogP contribution in [0.5, 0.6) is 0 Å². The van der Waals surface area contributed by atoms with Gasteiger partial charge in [-0.15, -0.1) is 0 Å². The molecule has 146 valence electrons. The van der Waals surface area contributed by atoms with Gasteiger partial charge in [0, 0.05) is 30.6 Å². The third-order valence-electron chi connectivity index (χ3n) is 4.72. The number of nitrogens with one attached hydrogen (secondary N) is 2. The lowest BCUT2D eigenvalue weighted by molar-refractivity contribution is -0.131. The molecule has 0 spiro atoms. The second-order valence-corrected chi connectivity index (χ2v) is 6.98. The summed E-state index contributed by atoms with van der Waals surface area (Å²) in [5.41, 5.74) is 2.39. The van der Waals surface area contributed by atoms with Crippen molar-refractivity contribution in [3.8, 4) is 11.3 Å². The molecule has 0 aliphatic heterocycles. The van der Waals surface area contributed by atoms with Gasteiger partial charge < -0.3 is 15.7 Å². The van der Waals surface area contributed by atoms with Gasteiger partial charge in [-0.2, -0.15) is 0 Å². The van der Waals surface area contributed by atoms with E-state index in [-0.39, 0.29) is 11.9 Å². The Morgan fingerprint density at radius 1 is 1.14 bits per heavy atom. The number of carbonyl (C=O) groups is 2. The fraction of sp³-hybridized carbons (Fsp3) is 0.333. The van der Waals surface area contributed by atoms with E-state index in [2.05, 4.69) is 20.6 Å². The van der Waals surface area contributed by atoms with Crippen LogP contribution in [0.2, 0.25) is 0 Å². The van der Waals surface area contributed by atoms with Crippen molar-refractivity contribution in [3.05, 3.63) is 48.3 Å². The predicted molar refractivity (Wildman–Crippen MR) is 108 cm³/mol. The van der Waals surface area contributed by atoms with E-state index in [0.29, 0.717) is 11.9 Å². The van der Waals surface area contributed by atoms with Crippen LogP contribution in [0.4, 0.5) is 5.82 Å². The molecule has 1 aliphatic carbocycles. The minimum atomic E-state index is -0.982. The average Bonchev–Trinajstić information content (AvgIpc) is 2.68. The first kappa shape index (κ1) is 19.5. The first-order valence-corrected chi connectivity index (χ1v) is 9.37. The number of benzene rings is 1. The molecule has 0 radical (unpaired) electrons. The van der Waals surface area contributed by atoms with Crippen LogP contribution in [-0.2, 0) is 9.59 Å². The van der Waals surface area contributed by atoms with Crippen molar-refractivity contribution in [2.24, 2.45) is 0 Å². The van der Waals surface area contributed by atoms with E-state index in [9.17, 15) is 9.59 Å². The second-order valence-electron chi connectivity index (χ2n) is 6.98.